The van der Waals surface area contributed by atoms with E-state index in [2.05, 4.69) is 14.7 Å². The first kappa shape index (κ1) is 28.6. The second kappa shape index (κ2) is 9.96. The largest absolute Gasteiger partial charge is 0.439 e. The number of carbonyl (C=O) groups excluding carboxylic acids is 1. The first-order valence-corrected chi connectivity index (χ1v) is 14.4. The highest BCUT2D eigenvalue weighted by atomic mass is 28.3. The Morgan fingerprint density at radius 2 is 1.41 bits per heavy atom. The van der Waals surface area contributed by atoms with Crippen molar-refractivity contribution in [2.75, 3.05) is 0 Å². The van der Waals surface area contributed by atoms with Crippen molar-refractivity contribution in [3.63, 3.8) is 0 Å². The number of rotatable bonds is 6. The fraction of sp³-hybridized carbons (Fsp3) is 0.370. The molecule has 0 bridgehead atoms. The number of halogens is 6. The van der Waals surface area contributed by atoms with Crippen molar-refractivity contribution in [3.8, 4) is 0 Å². The van der Waals surface area contributed by atoms with Crippen LogP contribution in [0.5, 0.6) is 0 Å². The number of hydrogen-bond acceptors (Lipinski definition) is 4. The highest BCUT2D eigenvalue weighted by molar-refractivity contribution is 7.03. The van der Waals surface area contributed by atoms with Crippen molar-refractivity contribution >= 4 is 46.5 Å². The number of alkyl halides is 6. The third kappa shape index (κ3) is 4.79. The van der Waals surface area contributed by atoms with Crippen molar-refractivity contribution < 1.29 is 35.9 Å². The van der Waals surface area contributed by atoms with E-state index in [-0.39, 0.29) is 16.6 Å². The average Bonchev–Trinajstić information content (AvgIpc) is 3.12. The number of para-hydroxylation sites is 1. The maximum absolute atomic E-state index is 13.4. The first-order valence-electron chi connectivity index (χ1n) is 12.2. The van der Waals surface area contributed by atoms with Crippen LogP contribution in [0.2, 0.25) is 11.1 Å². The molecule has 0 spiro atoms. The minimum absolute atomic E-state index is 0.195. The fourth-order valence-electron chi connectivity index (χ4n) is 5.64. The Kier molecular flexibility index (Phi) is 7.30. The van der Waals surface area contributed by atoms with E-state index in [1.54, 1.807) is 23.7 Å². The van der Waals surface area contributed by atoms with Gasteiger partial charge in [0.2, 0.25) is 0 Å². The molecule has 0 radical (unpaired) electrons. The molecule has 0 saturated heterocycles. The number of fused-ring (bicyclic) bond motifs is 3. The molecule has 0 atom stereocenters. The highest BCUT2D eigenvalue weighted by Crippen LogP contribution is 2.38. The highest BCUT2D eigenvalue weighted by Gasteiger charge is 2.60. The molecule has 2 heterocycles. The third-order valence-corrected chi connectivity index (χ3v) is 13.2. The maximum atomic E-state index is 13.4. The number of esters is 1. The zero-order chi connectivity index (χ0) is 28.9. The first-order chi connectivity index (χ1) is 18.1. The third-order valence-electron chi connectivity index (χ3n) is 7.29. The molecule has 0 fully saturated rings. The van der Waals surface area contributed by atoms with Crippen LogP contribution in [0.1, 0.15) is 38.1 Å². The SMILES string of the molecule is CC(C)[Si](c1ncccn1)(c1cc2c3ccccc3n(C)c2cc1C(=O)OC(C(F)(F)F)C(F)(F)F)C(C)C. The van der Waals surface area contributed by atoms with Gasteiger partial charge in [-0.05, 0) is 34.5 Å². The predicted octanol–water partition coefficient (Wildman–Crippen LogP) is 6.15. The van der Waals surface area contributed by atoms with Gasteiger partial charge in [-0.2, -0.15) is 26.3 Å². The van der Waals surface area contributed by atoms with Crippen LogP contribution in [0, 0.1) is 0 Å². The molecule has 4 aromatic rings. The summed E-state index contributed by atoms with van der Waals surface area (Å²) in [6.07, 6.45) is -12.9. The van der Waals surface area contributed by atoms with Crippen molar-refractivity contribution in [3.05, 3.63) is 60.4 Å². The molecule has 208 valence electrons. The van der Waals surface area contributed by atoms with Crippen LogP contribution in [0.25, 0.3) is 21.8 Å². The topological polar surface area (TPSA) is 57.0 Å². The molecule has 0 aliphatic heterocycles. The molecule has 0 unspecified atom stereocenters. The summed E-state index contributed by atoms with van der Waals surface area (Å²) in [4.78, 5) is 22.4. The van der Waals surface area contributed by atoms with Gasteiger partial charge in [-0.3, -0.25) is 0 Å². The molecule has 2 aromatic heterocycles. The lowest BCUT2D eigenvalue weighted by Gasteiger charge is -2.39. The summed E-state index contributed by atoms with van der Waals surface area (Å²) >= 11 is 0. The Balaban J connectivity index is 2.11. The van der Waals surface area contributed by atoms with Crippen LogP contribution in [-0.2, 0) is 11.8 Å². The van der Waals surface area contributed by atoms with Crippen LogP contribution < -0.4 is 10.6 Å². The van der Waals surface area contributed by atoms with Crippen molar-refractivity contribution in [1.29, 1.82) is 0 Å². The number of hydrogen-bond donors (Lipinski definition) is 0. The second-order valence-electron chi connectivity index (χ2n) is 10.1. The van der Waals surface area contributed by atoms with E-state index < -0.39 is 32.5 Å². The van der Waals surface area contributed by atoms with Gasteiger partial charge in [-0.25, -0.2) is 14.8 Å². The van der Waals surface area contributed by atoms with Gasteiger partial charge >= 0.3 is 18.3 Å². The van der Waals surface area contributed by atoms with Gasteiger partial charge in [-0.1, -0.05) is 52.0 Å². The molecule has 0 aliphatic carbocycles. The quantitative estimate of drug-likeness (QED) is 0.159. The molecular weight excluding hydrogens is 540 g/mol. The number of aromatic nitrogens is 3. The van der Waals surface area contributed by atoms with Crippen molar-refractivity contribution in [2.24, 2.45) is 7.05 Å². The fourth-order valence-corrected chi connectivity index (χ4v) is 11.1. The smallest absolute Gasteiger partial charge is 0.434 e. The number of carbonyl (C=O) groups is 1. The Morgan fingerprint density at radius 3 is 1.95 bits per heavy atom. The Morgan fingerprint density at radius 1 is 0.846 bits per heavy atom. The second-order valence-corrected chi connectivity index (χ2v) is 15.1. The summed E-state index contributed by atoms with van der Waals surface area (Å²) in [5.41, 5.74) is 0.927. The summed E-state index contributed by atoms with van der Waals surface area (Å²) < 4.78 is 86.3. The van der Waals surface area contributed by atoms with Crippen LogP contribution in [0.15, 0.2) is 54.9 Å². The average molecular weight is 568 g/mol. The zero-order valence-corrected chi connectivity index (χ0v) is 22.9. The van der Waals surface area contributed by atoms with Gasteiger partial charge in [-0.15, -0.1) is 0 Å². The molecule has 4 rings (SSSR count). The van der Waals surface area contributed by atoms with E-state index in [1.807, 2.05) is 52.0 Å². The van der Waals surface area contributed by atoms with E-state index in [1.165, 1.54) is 18.5 Å². The van der Waals surface area contributed by atoms with E-state index in [0.29, 0.717) is 21.5 Å². The molecule has 2 aromatic carbocycles. The molecule has 0 saturated carbocycles. The predicted molar refractivity (Wildman–Crippen MR) is 139 cm³/mol. The van der Waals surface area contributed by atoms with E-state index in [9.17, 15) is 31.1 Å². The lowest BCUT2D eigenvalue weighted by molar-refractivity contribution is -0.307. The standard InChI is InChI=1S/C27H27F6N3O2Si/c1-15(2)39(16(3)4,25-34-11-8-12-35-25)22-14-18-17-9-6-7-10-20(17)36(5)21(18)13-19(22)23(37)38-24(26(28,29)30)27(31,32)33/h6-16,24H,1-5H3. The Labute approximate surface area is 221 Å². The lowest BCUT2D eigenvalue weighted by Crippen LogP contribution is -2.66. The van der Waals surface area contributed by atoms with Crippen LogP contribution >= 0.6 is 0 Å². The van der Waals surface area contributed by atoms with Crippen LogP contribution in [0.4, 0.5) is 26.3 Å². The summed E-state index contributed by atoms with van der Waals surface area (Å²) in [7, 11) is -1.53. The summed E-state index contributed by atoms with van der Waals surface area (Å²) in [6.45, 7) is 7.61. The number of nitrogens with zero attached hydrogens (tertiary/aromatic N) is 3. The van der Waals surface area contributed by atoms with Crippen molar-refractivity contribution in [2.45, 2.75) is 57.2 Å². The zero-order valence-electron chi connectivity index (χ0n) is 21.9. The van der Waals surface area contributed by atoms with Gasteiger partial charge < -0.3 is 9.30 Å². The van der Waals surface area contributed by atoms with Gasteiger partial charge in [0.15, 0.2) is 8.07 Å². The summed E-state index contributed by atoms with van der Waals surface area (Å²) in [5.74, 6) is -1.70. The van der Waals surface area contributed by atoms with Crippen LogP contribution in [-0.4, -0.2) is 47.0 Å². The van der Waals surface area contributed by atoms with Gasteiger partial charge in [0.25, 0.3) is 6.10 Å². The minimum atomic E-state index is -5.84. The molecule has 5 nitrogen and oxygen atoms in total. The molecule has 0 N–H and O–H groups in total. The Bertz CT molecular complexity index is 1490. The molecular formula is C27H27F6N3O2Si. The monoisotopic (exact) mass is 567 g/mol. The number of benzene rings is 2. The van der Waals surface area contributed by atoms with Crippen molar-refractivity contribution in [1.82, 2.24) is 14.5 Å². The number of aryl methyl sites for hydroxylation is 1. The van der Waals surface area contributed by atoms with Gasteiger partial charge in [0.05, 0.1) is 5.56 Å². The van der Waals surface area contributed by atoms with E-state index >= 15 is 0 Å². The molecule has 0 amide bonds. The Hall–Kier alpha value is -3.41. The van der Waals surface area contributed by atoms with E-state index in [0.717, 1.165) is 10.9 Å². The molecule has 39 heavy (non-hydrogen) atoms. The normalized spacial score (nSPS) is 13.3. The van der Waals surface area contributed by atoms with E-state index in [4.69, 9.17) is 0 Å². The maximum Gasteiger partial charge on any atom is 0.434 e. The van der Waals surface area contributed by atoms with Gasteiger partial charge in [0.1, 0.15) is 5.45 Å². The minimum Gasteiger partial charge on any atom is -0.439 e. The van der Waals surface area contributed by atoms with Crippen LogP contribution in [0.3, 0.4) is 0 Å². The molecule has 12 heteroatoms. The summed E-state index contributed by atoms with van der Waals surface area (Å²) in [5, 5.41) is 1.86. The number of ether oxygens (including phenoxy) is 1. The van der Waals surface area contributed by atoms with Gasteiger partial charge in [0, 0.05) is 41.2 Å². The molecule has 0 aliphatic rings. The summed E-state index contributed by atoms with van der Waals surface area (Å²) in [6, 6.07) is 12.0. The lowest BCUT2D eigenvalue weighted by atomic mass is 10.1.